The lowest BCUT2D eigenvalue weighted by Crippen LogP contribution is -2.50. The van der Waals surface area contributed by atoms with Gasteiger partial charge in [-0.15, -0.1) is 0 Å². The molecular formula is C18H23N5O2. The Hall–Kier alpha value is -2.83. The van der Waals surface area contributed by atoms with E-state index in [4.69, 9.17) is 4.74 Å². The second-order valence-corrected chi connectivity index (χ2v) is 6.01. The Morgan fingerprint density at radius 2 is 2.16 bits per heavy atom. The van der Waals surface area contributed by atoms with Crippen LogP contribution in [0.15, 0.2) is 42.7 Å². The lowest BCUT2D eigenvalue weighted by Gasteiger charge is -2.33. The highest BCUT2D eigenvalue weighted by Crippen LogP contribution is 2.15. The zero-order valence-corrected chi connectivity index (χ0v) is 14.3. The number of methoxy groups -OCH3 is 1. The van der Waals surface area contributed by atoms with Gasteiger partial charge in [0.25, 0.3) is 0 Å². The SMILES string of the molecule is COc1cccc(CNC(=O)N[C@H]2CCCN(c3ncccn3)C2)c1. The van der Waals surface area contributed by atoms with Crippen molar-refractivity contribution in [2.24, 2.45) is 0 Å². The van der Waals surface area contributed by atoms with Crippen molar-refractivity contribution in [2.75, 3.05) is 25.1 Å². The molecule has 0 radical (unpaired) electrons. The average molecular weight is 341 g/mol. The van der Waals surface area contributed by atoms with E-state index in [2.05, 4.69) is 25.5 Å². The fraction of sp³-hybridized carbons (Fsp3) is 0.389. The first kappa shape index (κ1) is 17.0. The zero-order chi connectivity index (χ0) is 17.5. The van der Waals surface area contributed by atoms with Gasteiger partial charge in [-0.1, -0.05) is 12.1 Å². The van der Waals surface area contributed by atoms with Crippen molar-refractivity contribution in [3.8, 4) is 5.75 Å². The molecule has 0 aliphatic carbocycles. The van der Waals surface area contributed by atoms with Gasteiger partial charge in [0.05, 0.1) is 7.11 Å². The van der Waals surface area contributed by atoms with Crippen LogP contribution in [0.25, 0.3) is 0 Å². The van der Waals surface area contributed by atoms with Gasteiger partial charge in [-0.25, -0.2) is 14.8 Å². The second kappa shape index (κ2) is 8.32. The molecule has 2 heterocycles. The lowest BCUT2D eigenvalue weighted by molar-refractivity contribution is 0.234. The number of ether oxygens (including phenoxy) is 1. The maximum atomic E-state index is 12.2. The van der Waals surface area contributed by atoms with Gasteiger partial charge in [-0.05, 0) is 36.6 Å². The third-order valence-corrected chi connectivity index (χ3v) is 4.18. The number of rotatable bonds is 5. The summed E-state index contributed by atoms with van der Waals surface area (Å²) in [6.07, 6.45) is 5.43. The third kappa shape index (κ3) is 4.82. The molecule has 0 spiro atoms. The van der Waals surface area contributed by atoms with Crippen LogP contribution >= 0.6 is 0 Å². The highest BCUT2D eigenvalue weighted by Gasteiger charge is 2.22. The summed E-state index contributed by atoms with van der Waals surface area (Å²) in [5.74, 6) is 1.50. The van der Waals surface area contributed by atoms with Crippen molar-refractivity contribution in [1.82, 2.24) is 20.6 Å². The van der Waals surface area contributed by atoms with E-state index in [-0.39, 0.29) is 12.1 Å². The zero-order valence-electron chi connectivity index (χ0n) is 14.3. The van der Waals surface area contributed by atoms with Gasteiger partial charge in [0.1, 0.15) is 5.75 Å². The quantitative estimate of drug-likeness (QED) is 0.869. The standard InChI is InChI=1S/C18H23N5O2/c1-25-16-7-2-5-14(11-16)12-21-18(24)22-15-6-3-10-23(13-15)17-19-8-4-9-20-17/h2,4-5,7-9,11,15H,3,6,10,12-13H2,1H3,(H2,21,22,24)/t15-/m0/s1. The number of carbonyl (C=O) groups is 1. The number of nitrogens with one attached hydrogen (secondary N) is 2. The summed E-state index contributed by atoms with van der Waals surface area (Å²) in [5.41, 5.74) is 0.998. The number of carbonyl (C=O) groups excluding carboxylic acids is 1. The van der Waals surface area contributed by atoms with Crippen molar-refractivity contribution in [2.45, 2.75) is 25.4 Å². The van der Waals surface area contributed by atoms with Crippen molar-refractivity contribution in [1.29, 1.82) is 0 Å². The predicted octanol–water partition coefficient (Wildman–Crippen LogP) is 1.95. The molecule has 2 N–H and O–H groups in total. The van der Waals surface area contributed by atoms with Crippen LogP contribution in [0.3, 0.4) is 0 Å². The Morgan fingerprint density at radius 1 is 1.32 bits per heavy atom. The number of benzene rings is 1. The average Bonchev–Trinajstić information content (AvgIpc) is 2.67. The van der Waals surface area contributed by atoms with Gasteiger partial charge in [-0.2, -0.15) is 0 Å². The van der Waals surface area contributed by atoms with Gasteiger partial charge in [0.15, 0.2) is 0 Å². The minimum absolute atomic E-state index is 0.0860. The third-order valence-electron chi connectivity index (χ3n) is 4.18. The number of anilines is 1. The highest BCUT2D eigenvalue weighted by atomic mass is 16.5. The van der Waals surface area contributed by atoms with E-state index in [1.165, 1.54) is 0 Å². The van der Waals surface area contributed by atoms with Crippen molar-refractivity contribution >= 4 is 12.0 Å². The van der Waals surface area contributed by atoms with Crippen molar-refractivity contribution in [3.63, 3.8) is 0 Å². The summed E-state index contributed by atoms with van der Waals surface area (Å²) >= 11 is 0. The molecule has 132 valence electrons. The first-order valence-electron chi connectivity index (χ1n) is 8.44. The van der Waals surface area contributed by atoms with E-state index in [1.807, 2.05) is 24.3 Å². The van der Waals surface area contributed by atoms with Crippen LogP contribution in [-0.4, -0.2) is 42.2 Å². The molecule has 7 nitrogen and oxygen atoms in total. The maximum absolute atomic E-state index is 12.2. The molecule has 0 bridgehead atoms. The van der Waals surface area contributed by atoms with Crippen LogP contribution in [0.2, 0.25) is 0 Å². The number of hydrogen-bond donors (Lipinski definition) is 2. The van der Waals surface area contributed by atoms with Crippen LogP contribution in [0.5, 0.6) is 5.75 Å². The maximum Gasteiger partial charge on any atom is 0.315 e. The molecule has 7 heteroatoms. The summed E-state index contributed by atoms with van der Waals surface area (Å²) in [4.78, 5) is 22.9. The number of aromatic nitrogens is 2. The van der Waals surface area contributed by atoms with Gasteiger partial charge in [0, 0.05) is 38.1 Å². The number of piperidine rings is 1. The first-order chi connectivity index (χ1) is 12.2. The van der Waals surface area contributed by atoms with E-state index >= 15 is 0 Å². The van der Waals surface area contributed by atoms with Crippen molar-refractivity contribution < 1.29 is 9.53 Å². The van der Waals surface area contributed by atoms with Crippen LogP contribution in [-0.2, 0) is 6.54 Å². The molecule has 1 fully saturated rings. The minimum Gasteiger partial charge on any atom is -0.497 e. The van der Waals surface area contributed by atoms with Crippen molar-refractivity contribution in [3.05, 3.63) is 48.3 Å². The molecule has 1 aromatic heterocycles. The topological polar surface area (TPSA) is 79.4 Å². The molecule has 1 saturated heterocycles. The van der Waals surface area contributed by atoms with E-state index in [1.54, 1.807) is 25.6 Å². The Labute approximate surface area is 147 Å². The van der Waals surface area contributed by atoms with Crippen LogP contribution < -0.4 is 20.3 Å². The van der Waals surface area contributed by atoms with Gasteiger partial charge >= 0.3 is 6.03 Å². The highest BCUT2D eigenvalue weighted by molar-refractivity contribution is 5.74. The van der Waals surface area contributed by atoms with Gasteiger partial charge in [-0.3, -0.25) is 0 Å². The van der Waals surface area contributed by atoms with E-state index in [9.17, 15) is 4.79 Å². The van der Waals surface area contributed by atoms with Gasteiger partial charge in [0.2, 0.25) is 5.95 Å². The van der Waals surface area contributed by atoms with E-state index in [0.717, 1.165) is 37.2 Å². The number of hydrogen-bond acceptors (Lipinski definition) is 5. The van der Waals surface area contributed by atoms with Gasteiger partial charge < -0.3 is 20.3 Å². The number of amides is 2. The minimum atomic E-state index is -0.163. The molecule has 1 atom stereocenters. The Morgan fingerprint density at radius 3 is 2.96 bits per heavy atom. The normalized spacial score (nSPS) is 17.0. The largest absolute Gasteiger partial charge is 0.497 e. The molecule has 0 saturated carbocycles. The fourth-order valence-corrected chi connectivity index (χ4v) is 2.93. The number of nitrogens with zero attached hydrogens (tertiary/aromatic N) is 3. The summed E-state index contributed by atoms with van der Waals surface area (Å²) < 4.78 is 5.19. The molecule has 1 aliphatic rings. The second-order valence-electron chi connectivity index (χ2n) is 6.01. The molecule has 1 aliphatic heterocycles. The molecule has 3 rings (SSSR count). The predicted molar refractivity (Wildman–Crippen MR) is 95.6 cm³/mol. The Balaban J connectivity index is 1.49. The van der Waals surface area contributed by atoms with E-state index < -0.39 is 0 Å². The van der Waals surface area contributed by atoms with E-state index in [0.29, 0.717) is 12.5 Å². The molecule has 0 unspecified atom stereocenters. The summed E-state index contributed by atoms with van der Waals surface area (Å²) in [7, 11) is 1.63. The Bertz CT molecular complexity index is 695. The number of urea groups is 1. The van der Waals surface area contributed by atoms with Crippen LogP contribution in [0, 0.1) is 0 Å². The lowest BCUT2D eigenvalue weighted by atomic mass is 10.1. The molecule has 1 aromatic carbocycles. The first-order valence-corrected chi connectivity index (χ1v) is 8.44. The fourth-order valence-electron chi connectivity index (χ4n) is 2.93. The summed E-state index contributed by atoms with van der Waals surface area (Å²) in [6, 6.07) is 9.38. The molecule has 2 aromatic rings. The summed E-state index contributed by atoms with van der Waals surface area (Å²) in [6.45, 7) is 2.09. The summed E-state index contributed by atoms with van der Waals surface area (Å²) in [5, 5.41) is 5.94. The van der Waals surface area contributed by atoms with Crippen LogP contribution in [0.1, 0.15) is 18.4 Å². The molecule has 2 amide bonds. The van der Waals surface area contributed by atoms with Crippen LogP contribution in [0.4, 0.5) is 10.7 Å². The smallest absolute Gasteiger partial charge is 0.315 e. The monoisotopic (exact) mass is 341 g/mol. The molecule has 25 heavy (non-hydrogen) atoms. The Kier molecular flexibility index (Phi) is 5.66. The molecular weight excluding hydrogens is 318 g/mol.